The number of hydrogen-bond acceptors (Lipinski definition) is 5. The molecule has 112 valence electrons. The van der Waals surface area contributed by atoms with Crippen LogP contribution in [0.25, 0.3) is 0 Å². The van der Waals surface area contributed by atoms with Crippen molar-refractivity contribution in [2.75, 3.05) is 13.1 Å². The summed E-state index contributed by atoms with van der Waals surface area (Å²) in [6, 6.07) is 0.255. The lowest BCUT2D eigenvalue weighted by Gasteiger charge is -2.34. The van der Waals surface area contributed by atoms with Crippen molar-refractivity contribution in [1.82, 2.24) is 15.2 Å². The molecule has 2 rings (SSSR count). The van der Waals surface area contributed by atoms with E-state index >= 15 is 0 Å². The molecule has 0 aromatic carbocycles. The Kier molecular flexibility index (Phi) is 4.01. The molecule has 1 atom stereocenters. The Hall–Kier alpha value is -2.71. The zero-order valence-corrected chi connectivity index (χ0v) is 11.3. The number of hydrogen-bond donors (Lipinski definition) is 2. The first kappa shape index (κ1) is 14.7. The molecule has 9 heteroatoms. The van der Waals surface area contributed by atoms with E-state index in [2.05, 4.69) is 10.3 Å². The van der Waals surface area contributed by atoms with Crippen LogP contribution in [0.3, 0.4) is 0 Å². The molecule has 2 heterocycles. The number of piperazine rings is 1. The number of nitrogens with zero attached hydrogens (tertiary/aromatic N) is 2. The van der Waals surface area contributed by atoms with Crippen molar-refractivity contribution in [3.05, 3.63) is 38.3 Å². The highest BCUT2D eigenvalue weighted by atomic mass is 16.6. The Bertz CT molecular complexity index is 653. The maximum atomic E-state index is 12.4. The third kappa shape index (κ3) is 2.76. The van der Waals surface area contributed by atoms with Crippen molar-refractivity contribution in [3.8, 4) is 0 Å². The monoisotopic (exact) mass is 294 g/mol. The van der Waals surface area contributed by atoms with Crippen LogP contribution < -0.4 is 10.9 Å². The fraction of sp³-hybridized carbons (Fsp3) is 0.417. The minimum atomic E-state index is -0.716. The van der Waals surface area contributed by atoms with Crippen LogP contribution in [0.2, 0.25) is 0 Å². The molecule has 1 aromatic rings. The SMILES string of the molecule is CCC1C(=O)NCCN1C(=O)c1cc([N+](=O)[O-])c[nH]c1=O. The zero-order chi connectivity index (χ0) is 15.6. The van der Waals surface area contributed by atoms with E-state index in [9.17, 15) is 24.5 Å². The highest BCUT2D eigenvalue weighted by Crippen LogP contribution is 2.14. The molecule has 0 spiro atoms. The van der Waals surface area contributed by atoms with Crippen LogP contribution in [0.15, 0.2) is 17.1 Å². The van der Waals surface area contributed by atoms with Gasteiger partial charge in [0.1, 0.15) is 11.6 Å². The second-order valence-corrected chi connectivity index (χ2v) is 4.57. The summed E-state index contributed by atoms with van der Waals surface area (Å²) in [5.41, 5.74) is -1.43. The van der Waals surface area contributed by atoms with E-state index in [0.29, 0.717) is 6.42 Å². The predicted molar refractivity (Wildman–Crippen MR) is 71.8 cm³/mol. The molecule has 1 aromatic heterocycles. The highest BCUT2D eigenvalue weighted by molar-refractivity contribution is 5.98. The average molecular weight is 294 g/mol. The first-order chi connectivity index (χ1) is 9.95. The van der Waals surface area contributed by atoms with E-state index < -0.39 is 22.4 Å². The van der Waals surface area contributed by atoms with Gasteiger partial charge in [0.25, 0.3) is 17.2 Å². The van der Waals surface area contributed by atoms with Gasteiger partial charge in [-0.25, -0.2) is 0 Å². The zero-order valence-electron chi connectivity index (χ0n) is 11.3. The lowest BCUT2D eigenvalue weighted by Crippen LogP contribution is -2.57. The van der Waals surface area contributed by atoms with Crippen LogP contribution in [-0.2, 0) is 4.79 Å². The van der Waals surface area contributed by atoms with Crippen molar-refractivity contribution in [2.45, 2.75) is 19.4 Å². The maximum absolute atomic E-state index is 12.4. The van der Waals surface area contributed by atoms with Gasteiger partial charge < -0.3 is 15.2 Å². The summed E-state index contributed by atoms with van der Waals surface area (Å²) in [6.07, 6.45) is 1.32. The quantitative estimate of drug-likeness (QED) is 0.581. The van der Waals surface area contributed by atoms with Crippen LogP contribution in [0, 0.1) is 10.1 Å². The molecular formula is C12H14N4O5. The number of H-pyrrole nitrogens is 1. The lowest BCUT2D eigenvalue weighted by atomic mass is 10.1. The maximum Gasteiger partial charge on any atom is 0.286 e. The summed E-state index contributed by atoms with van der Waals surface area (Å²) in [5.74, 6) is -0.972. The fourth-order valence-corrected chi connectivity index (χ4v) is 2.25. The molecule has 0 saturated carbocycles. The number of carbonyl (C=O) groups is 2. The molecule has 1 aliphatic heterocycles. The van der Waals surface area contributed by atoms with Crippen LogP contribution in [0.5, 0.6) is 0 Å². The van der Waals surface area contributed by atoms with Crippen LogP contribution in [-0.4, -0.2) is 45.8 Å². The lowest BCUT2D eigenvalue weighted by molar-refractivity contribution is -0.385. The van der Waals surface area contributed by atoms with Crippen molar-refractivity contribution in [2.24, 2.45) is 0 Å². The van der Waals surface area contributed by atoms with Crippen LogP contribution in [0.4, 0.5) is 5.69 Å². The van der Waals surface area contributed by atoms with Gasteiger partial charge in [-0.05, 0) is 6.42 Å². The molecule has 1 saturated heterocycles. The fourth-order valence-electron chi connectivity index (χ4n) is 2.25. The molecule has 0 radical (unpaired) electrons. The summed E-state index contributed by atoms with van der Waals surface area (Å²) < 4.78 is 0. The minimum absolute atomic E-state index is 0.255. The Morgan fingerprint density at radius 2 is 2.24 bits per heavy atom. The second kappa shape index (κ2) is 5.73. The number of amides is 2. The summed E-state index contributed by atoms with van der Waals surface area (Å²) >= 11 is 0. The molecule has 0 bridgehead atoms. The number of aromatic nitrogens is 1. The van der Waals surface area contributed by atoms with Crippen LogP contribution >= 0.6 is 0 Å². The van der Waals surface area contributed by atoms with E-state index in [1.807, 2.05) is 0 Å². The van der Waals surface area contributed by atoms with Gasteiger partial charge in [-0.1, -0.05) is 6.92 Å². The molecule has 2 N–H and O–H groups in total. The number of pyridine rings is 1. The number of carbonyl (C=O) groups excluding carboxylic acids is 2. The van der Waals surface area contributed by atoms with Crippen molar-refractivity contribution in [3.63, 3.8) is 0 Å². The smallest absolute Gasteiger partial charge is 0.286 e. The second-order valence-electron chi connectivity index (χ2n) is 4.57. The molecule has 0 aliphatic carbocycles. The Labute approximate surface area is 119 Å². The van der Waals surface area contributed by atoms with Gasteiger partial charge in [-0.2, -0.15) is 0 Å². The topological polar surface area (TPSA) is 125 Å². The predicted octanol–water partition coefficient (Wildman–Crippen LogP) is -0.366. The first-order valence-corrected chi connectivity index (χ1v) is 6.41. The minimum Gasteiger partial charge on any atom is -0.353 e. The van der Waals surface area contributed by atoms with E-state index in [-0.39, 0.29) is 30.2 Å². The Balaban J connectivity index is 2.39. The Morgan fingerprint density at radius 3 is 2.86 bits per heavy atom. The summed E-state index contributed by atoms with van der Waals surface area (Å²) in [5, 5.41) is 13.4. The number of nitrogens with one attached hydrogen (secondary N) is 2. The highest BCUT2D eigenvalue weighted by Gasteiger charge is 2.33. The molecule has 9 nitrogen and oxygen atoms in total. The molecule has 1 aliphatic rings. The van der Waals surface area contributed by atoms with Crippen molar-refractivity contribution in [1.29, 1.82) is 0 Å². The summed E-state index contributed by atoms with van der Waals surface area (Å²) in [4.78, 5) is 49.3. The van der Waals surface area contributed by atoms with Gasteiger partial charge in [-0.3, -0.25) is 24.5 Å². The molecule has 1 unspecified atom stereocenters. The van der Waals surface area contributed by atoms with Crippen molar-refractivity contribution < 1.29 is 14.5 Å². The van der Waals surface area contributed by atoms with E-state index in [4.69, 9.17) is 0 Å². The Morgan fingerprint density at radius 1 is 1.52 bits per heavy atom. The molecular weight excluding hydrogens is 280 g/mol. The van der Waals surface area contributed by atoms with E-state index in [1.54, 1.807) is 6.92 Å². The number of rotatable bonds is 3. The third-order valence-electron chi connectivity index (χ3n) is 3.31. The van der Waals surface area contributed by atoms with Gasteiger partial charge in [-0.15, -0.1) is 0 Å². The van der Waals surface area contributed by atoms with E-state index in [0.717, 1.165) is 12.3 Å². The average Bonchev–Trinajstić information content (AvgIpc) is 2.46. The number of nitro groups is 1. The van der Waals surface area contributed by atoms with Gasteiger partial charge in [0.05, 0.1) is 11.1 Å². The largest absolute Gasteiger partial charge is 0.353 e. The summed E-state index contributed by atoms with van der Waals surface area (Å²) in [7, 11) is 0. The summed E-state index contributed by atoms with van der Waals surface area (Å²) in [6.45, 7) is 2.28. The number of aromatic amines is 1. The van der Waals surface area contributed by atoms with E-state index in [1.165, 1.54) is 4.90 Å². The van der Waals surface area contributed by atoms with Gasteiger partial charge in [0.2, 0.25) is 5.91 Å². The normalized spacial score (nSPS) is 18.2. The van der Waals surface area contributed by atoms with Gasteiger partial charge >= 0.3 is 0 Å². The van der Waals surface area contributed by atoms with Crippen molar-refractivity contribution >= 4 is 17.5 Å². The van der Waals surface area contributed by atoms with Gasteiger partial charge in [0.15, 0.2) is 0 Å². The molecule has 1 fully saturated rings. The molecule has 2 amide bonds. The first-order valence-electron chi connectivity index (χ1n) is 6.41. The third-order valence-corrected chi connectivity index (χ3v) is 3.31. The van der Waals surface area contributed by atoms with Gasteiger partial charge in [0, 0.05) is 19.2 Å². The standard InChI is InChI=1S/C12H14N4O5/c1-2-9-11(18)13-3-4-15(9)12(19)8-5-7(16(20)21)6-14-10(8)17/h5-6,9H,2-4H2,1H3,(H,13,18)(H,14,17). The van der Waals surface area contributed by atoms with Crippen LogP contribution in [0.1, 0.15) is 23.7 Å². The molecule has 21 heavy (non-hydrogen) atoms.